The topological polar surface area (TPSA) is 12.0 Å². The lowest BCUT2D eigenvalue weighted by Crippen LogP contribution is -2.36. The van der Waals surface area contributed by atoms with Crippen LogP contribution in [0.2, 0.25) is 0 Å². The minimum atomic E-state index is 0.709. The Balaban J connectivity index is 3.69. The highest BCUT2D eigenvalue weighted by Crippen LogP contribution is 2.09. The van der Waals surface area contributed by atoms with Gasteiger partial charge in [-0.15, -0.1) is 0 Å². The summed E-state index contributed by atoms with van der Waals surface area (Å²) in [4.78, 5) is 0. The van der Waals surface area contributed by atoms with Crippen LogP contribution in [0.5, 0.6) is 0 Å². The minimum absolute atomic E-state index is 0.709. The van der Waals surface area contributed by atoms with Crippen molar-refractivity contribution in [1.82, 2.24) is 5.32 Å². The maximum atomic E-state index is 3.67. The van der Waals surface area contributed by atoms with E-state index in [0.29, 0.717) is 6.04 Å². The fourth-order valence-electron chi connectivity index (χ4n) is 1.75. The van der Waals surface area contributed by atoms with E-state index < -0.39 is 0 Å². The zero-order valence-electron chi connectivity index (χ0n) is 10.1. The third-order valence-corrected chi connectivity index (χ3v) is 3.07. The van der Waals surface area contributed by atoms with Crippen LogP contribution in [-0.2, 0) is 0 Å². The van der Waals surface area contributed by atoms with Crippen LogP contribution < -0.4 is 5.32 Å². The van der Waals surface area contributed by atoms with Gasteiger partial charge in [0, 0.05) is 6.04 Å². The van der Waals surface area contributed by atoms with E-state index in [9.17, 15) is 0 Å². The number of hydrogen-bond acceptors (Lipinski definition) is 1. The van der Waals surface area contributed by atoms with Crippen molar-refractivity contribution in [3.8, 4) is 0 Å². The molecule has 80 valence electrons. The summed E-state index contributed by atoms with van der Waals surface area (Å²) in [7, 11) is 0. The summed E-state index contributed by atoms with van der Waals surface area (Å²) >= 11 is 0. The van der Waals surface area contributed by atoms with E-state index in [-0.39, 0.29) is 0 Å². The number of hydrogen-bond donors (Lipinski definition) is 1. The summed E-state index contributed by atoms with van der Waals surface area (Å²) in [6.45, 7) is 12.6. The minimum Gasteiger partial charge on any atom is -0.313 e. The Bertz CT molecular complexity index is 106. The molecular weight excluding hydrogens is 158 g/mol. The molecule has 1 N–H and O–H groups in total. The Morgan fingerprint density at radius 1 is 0.923 bits per heavy atom. The molecule has 1 atom stereocenters. The normalized spacial score (nSPS) is 14.1. The van der Waals surface area contributed by atoms with Gasteiger partial charge in [-0.1, -0.05) is 47.5 Å². The number of rotatable bonds is 7. The molecule has 0 amide bonds. The summed E-state index contributed by atoms with van der Waals surface area (Å²) in [6.07, 6.45) is 3.86. The lowest BCUT2D eigenvalue weighted by atomic mass is 9.99. The first-order valence-corrected chi connectivity index (χ1v) is 5.88. The molecule has 0 aliphatic heterocycles. The van der Waals surface area contributed by atoms with E-state index in [1.807, 2.05) is 0 Å². The van der Waals surface area contributed by atoms with Crippen molar-refractivity contribution in [1.29, 1.82) is 0 Å². The third-order valence-electron chi connectivity index (χ3n) is 3.07. The molecule has 0 saturated carbocycles. The Hall–Kier alpha value is -0.0400. The second kappa shape index (κ2) is 7.37. The first-order chi connectivity index (χ1) is 6.15. The van der Waals surface area contributed by atoms with Crippen LogP contribution >= 0.6 is 0 Å². The van der Waals surface area contributed by atoms with Gasteiger partial charge in [0.15, 0.2) is 0 Å². The van der Waals surface area contributed by atoms with Gasteiger partial charge in [-0.3, -0.25) is 0 Å². The van der Waals surface area contributed by atoms with Gasteiger partial charge in [0.05, 0.1) is 0 Å². The monoisotopic (exact) mass is 185 g/mol. The van der Waals surface area contributed by atoms with Crippen molar-refractivity contribution >= 4 is 0 Å². The van der Waals surface area contributed by atoms with Gasteiger partial charge in [-0.25, -0.2) is 0 Å². The van der Waals surface area contributed by atoms with Crippen LogP contribution in [0.3, 0.4) is 0 Å². The summed E-state index contributed by atoms with van der Waals surface area (Å²) in [5.74, 6) is 1.63. The van der Waals surface area contributed by atoms with Crippen molar-refractivity contribution < 1.29 is 0 Å². The lowest BCUT2D eigenvalue weighted by Gasteiger charge is -2.23. The molecule has 1 unspecified atom stereocenters. The Labute approximate surface area is 84.3 Å². The lowest BCUT2D eigenvalue weighted by molar-refractivity contribution is 0.345. The van der Waals surface area contributed by atoms with Crippen LogP contribution in [0.4, 0.5) is 0 Å². The summed E-state index contributed by atoms with van der Waals surface area (Å²) in [5.41, 5.74) is 0. The van der Waals surface area contributed by atoms with Crippen molar-refractivity contribution in [2.45, 2.75) is 59.9 Å². The first kappa shape index (κ1) is 13.0. The first-order valence-electron chi connectivity index (χ1n) is 5.88. The third kappa shape index (κ3) is 5.30. The smallest absolute Gasteiger partial charge is 0.00875 e. The molecule has 0 aliphatic carbocycles. The maximum absolute atomic E-state index is 3.67. The molecule has 0 heterocycles. The molecule has 1 heteroatoms. The van der Waals surface area contributed by atoms with Crippen LogP contribution in [-0.4, -0.2) is 12.6 Å². The molecular formula is C12H27N. The van der Waals surface area contributed by atoms with E-state index in [0.717, 1.165) is 11.8 Å². The SMILES string of the molecule is CCC(CC)CNC(CC)C(C)C. The fourth-order valence-corrected chi connectivity index (χ4v) is 1.75. The molecule has 13 heavy (non-hydrogen) atoms. The Morgan fingerprint density at radius 3 is 1.77 bits per heavy atom. The van der Waals surface area contributed by atoms with Crippen LogP contribution in [0.25, 0.3) is 0 Å². The van der Waals surface area contributed by atoms with E-state index in [1.54, 1.807) is 0 Å². The van der Waals surface area contributed by atoms with Crippen LogP contribution in [0.1, 0.15) is 53.9 Å². The molecule has 0 rings (SSSR count). The van der Waals surface area contributed by atoms with Gasteiger partial charge in [0.1, 0.15) is 0 Å². The molecule has 0 aromatic rings. The van der Waals surface area contributed by atoms with Crippen molar-refractivity contribution in [3.63, 3.8) is 0 Å². The molecule has 0 bridgehead atoms. The highest BCUT2D eigenvalue weighted by atomic mass is 14.9. The van der Waals surface area contributed by atoms with E-state index in [1.165, 1.54) is 25.8 Å². The van der Waals surface area contributed by atoms with Gasteiger partial charge in [-0.2, -0.15) is 0 Å². The second-order valence-electron chi connectivity index (χ2n) is 4.35. The molecule has 1 nitrogen and oxygen atoms in total. The molecule has 0 spiro atoms. The molecule has 0 aliphatic rings. The highest BCUT2D eigenvalue weighted by molar-refractivity contribution is 4.70. The van der Waals surface area contributed by atoms with Crippen molar-refractivity contribution in [2.75, 3.05) is 6.54 Å². The Morgan fingerprint density at radius 2 is 1.46 bits per heavy atom. The maximum Gasteiger partial charge on any atom is 0.00875 e. The van der Waals surface area contributed by atoms with Gasteiger partial charge in [0.25, 0.3) is 0 Å². The second-order valence-corrected chi connectivity index (χ2v) is 4.35. The average molecular weight is 185 g/mol. The molecule has 0 aromatic heterocycles. The zero-order chi connectivity index (χ0) is 10.3. The van der Waals surface area contributed by atoms with Gasteiger partial charge in [-0.05, 0) is 24.8 Å². The quantitative estimate of drug-likeness (QED) is 0.640. The Kier molecular flexibility index (Phi) is 7.35. The highest BCUT2D eigenvalue weighted by Gasteiger charge is 2.11. The van der Waals surface area contributed by atoms with Gasteiger partial charge in [0.2, 0.25) is 0 Å². The standard InChI is InChI=1S/C12H27N/c1-6-11(7-2)9-13-12(8-3)10(4)5/h10-13H,6-9H2,1-5H3. The summed E-state index contributed by atoms with van der Waals surface area (Å²) < 4.78 is 0. The van der Waals surface area contributed by atoms with Gasteiger partial charge >= 0.3 is 0 Å². The zero-order valence-corrected chi connectivity index (χ0v) is 10.1. The molecule has 0 fully saturated rings. The van der Waals surface area contributed by atoms with Crippen molar-refractivity contribution in [3.05, 3.63) is 0 Å². The summed E-state index contributed by atoms with van der Waals surface area (Å²) in [6, 6.07) is 0.709. The van der Waals surface area contributed by atoms with E-state index in [2.05, 4.69) is 39.9 Å². The largest absolute Gasteiger partial charge is 0.313 e. The average Bonchev–Trinajstić information content (AvgIpc) is 2.12. The van der Waals surface area contributed by atoms with Crippen molar-refractivity contribution in [2.24, 2.45) is 11.8 Å². The van der Waals surface area contributed by atoms with Crippen LogP contribution in [0, 0.1) is 11.8 Å². The number of nitrogens with one attached hydrogen (secondary N) is 1. The summed E-state index contributed by atoms with van der Waals surface area (Å²) in [5, 5.41) is 3.67. The van der Waals surface area contributed by atoms with Gasteiger partial charge < -0.3 is 5.32 Å². The predicted octanol–water partition coefficient (Wildman–Crippen LogP) is 3.45. The van der Waals surface area contributed by atoms with E-state index in [4.69, 9.17) is 0 Å². The molecule has 0 aromatic carbocycles. The molecule has 0 radical (unpaired) electrons. The predicted molar refractivity (Wildman–Crippen MR) is 61.0 cm³/mol. The van der Waals surface area contributed by atoms with Crippen LogP contribution in [0.15, 0.2) is 0 Å². The molecule has 0 saturated heterocycles. The van der Waals surface area contributed by atoms with E-state index >= 15 is 0 Å². The fraction of sp³-hybridized carbons (Fsp3) is 1.00.